The van der Waals surface area contributed by atoms with Gasteiger partial charge in [-0.3, -0.25) is 9.58 Å². The molecule has 1 aromatic heterocycles. The molecule has 1 fully saturated rings. The molecular formula is C19H26N6O2. The van der Waals surface area contributed by atoms with Gasteiger partial charge >= 0.3 is 12.1 Å². The van der Waals surface area contributed by atoms with E-state index in [1.54, 1.807) is 17.0 Å². The highest BCUT2D eigenvalue weighted by atomic mass is 16.2. The van der Waals surface area contributed by atoms with Crippen LogP contribution in [0.1, 0.15) is 18.3 Å². The SMILES string of the molecule is Cc1cc(C)n(C[C@@H](C)CNC(=O)Nc2cccc(N3CCNC3=O)c2)n1. The molecule has 3 rings (SSSR count). The minimum Gasteiger partial charge on any atom is -0.338 e. The van der Waals surface area contributed by atoms with Crippen molar-refractivity contribution < 1.29 is 9.59 Å². The van der Waals surface area contributed by atoms with Crippen molar-refractivity contribution in [1.29, 1.82) is 0 Å². The maximum Gasteiger partial charge on any atom is 0.321 e. The molecule has 0 radical (unpaired) electrons. The number of anilines is 2. The van der Waals surface area contributed by atoms with Crippen molar-refractivity contribution in [3.8, 4) is 0 Å². The summed E-state index contributed by atoms with van der Waals surface area (Å²) in [6.45, 7) is 8.62. The molecule has 0 saturated carbocycles. The Morgan fingerprint density at radius 3 is 2.81 bits per heavy atom. The number of amides is 4. The first kappa shape index (κ1) is 18.8. The third kappa shape index (κ3) is 4.78. The Kier molecular flexibility index (Phi) is 5.63. The zero-order valence-electron chi connectivity index (χ0n) is 16.0. The van der Waals surface area contributed by atoms with Gasteiger partial charge in [0.1, 0.15) is 0 Å². The Balaban J connectivity index is 1.50. The van der Waals surface area contributed by atoms with Gasteiger partial charge < -0.3 is 16.0 Å². The second-order valence-electron chi connectivity index (χ2n) is 6.98. The number of aryl methyl sites for hydroxylation is 2. The third-order valence-corrected chi connectivity index (χ3v) is 4.47. The van der Waals surface area contributed by atoms with Crippen molar-refractivity contribution in [2.75, 3.05) is 29.9 Å². The van der Waals surface area contributed by atoms with Crippen molar-refractivity contribution in [3.63, 3.8) is 0 Å². The number of urea groups is 2. The standard InChI is InChI=1S/C19H26N6O2/c1-13(12-25-15(3)9-14(2)23-25)11-21-18(26)22-16-5-4-6-17(10-16)24-8-7-20-19(24)27/h4-6,9-10,13H,7-8,11-12H2,1-3H3,(H,20,27)(H2,21,22,26)/t13-/m0/s1. The van der Waals surface area contributed by atoms with E-state index in [0.29, 0.717) is 25.3 Å². The summed E-state index contributed by atoms with van der Waals surface area (Å²) in [4.78, 5) is 25.6. The molecule has 27 heavy (non-hydrogen) atoms. The quantitative estimate of drug-likeness (QED) is 0.729. The molecule has 0 aliphatic carbocycles. The van der Waals surface area contributed by atoms with Crippen molar-refractivity contribution >= 4 is 23.4 Å². The minimum atomic E-state index is -0.266. The summed E-state index contributed by atoms with van der Waals surface area (Å²) < 4.78 is 1.96. The lowest BCUT2D eigenvalue weighted by Crippen LogP contribution is -2.34. The van der Waals surface area contributed by atoms with E-state index in [4.69, 9.17) is 0 Å². The number of carbonyl (C=O) groups excluding carboxylic acids is 2. The molecule has 8 nitrogen and oxygen atoms in total. The van der Waals surface area contributed by atoms with E-state index >= 15 is 0 Å². The molecule has 0 bridgehead atoms. The number of carbonyl (C=O) groups is 2. The highest BCUT2D eigenvalue weighted by molar-refractivity contribution is 5.95. The zero-order valence-corrected chi connectivity index (χ0v) is 16.0. The van der Waals surface area contributed by atoms with E-state index < -0.39 is 0 Å². The predicted octanol–water partition coefficient (Wildman–Crippen LogP) is 2.49. The van der Waals surface area contributed by atoms with E-state index in [1.165, 1.54) is 0 Å². The third-order valence-electron chi connectivity index (χ3n) is 4.47. The minimum absolute atomic E-state index is 0.116. The van der Waals surface area contributed by atoms with Gasteiger partial charge in [0.25, 0.3) is 0 Å². The molecule has 1 aliphatic rings. The number of benzene rings is 1. The summed E-state index contributed by atoms with van der Waals surface area (Å²) in [5, 5.41) is 12.9. The molecule has 4 amide bonds. The fourth-order valence-electron chi connectivity index (χ4n) is 3.13. The zero-order chi connectivity index (χ0) is 19.4. The summed E-state index contributed by atoms with van der Waals surface area (Å²) in [5.74, 6) is 0.244. The number of rotatable bonds is 6. The Morgan fingerprint density at radius 2 is 2.15 bits per heavy atom. The summed E-state index contributed by atoms with van der Waals surface area (Å²) in [7, 11) is 0. The van der Waals surface area contributed by atoms with Gasteiger partial charge in [0, 0.05) is 43.2 Å². The van der Waals surface area contributed by atoms with Crippen LogP contribution in [0.2, 0.25) is 0 Å². The predicted molar refractivity (Wildman–Crippen MR) is 105 cm³/mol. The van der Waals surface area contributed by atoms with Gasteiger partial charge in [0.2, 0.25) is 0 Å². The van der Waals surface area contributed by atoms with Gasteiger partial charge in [-0.2, -0.15) is 5.10 Å². The molecular weight excluding hydrogens is 344 g/mol. The van der Waals surface area contributed by atoms with Gasteiger partial charge in [-0.05, 0) is 44.0 Å². The first-order valence-electron chi connectivity index (χ1n) is 9.13. The van der Waals surface area contributed by atoms with Crippen molar-refractivity contribution in [2.24, 2.45) is 5.92 Å². The molecule has 0 unspecified atom stereocenters. The van der Waals surface area contributed by atoms with Crippen molar-refractivity contribution in [3.05, 3.63) is 41.7 Å². The lowest BCUT2D eigenvalue weighted by atomic mass is 10.2. The fraction of sp³-hybridized carbons (Fsp3) is 0.421. The van der Waals surface area contributed by atoms with Crippen LogP contribution in [0.25, 0.3) is 0 Å². The normalized spacial score (nSPS) is 14.8. The lowest BCUT2D eigenvalue weighted by Gasteiger charge is -2.17. The maximum atomic E-state index is 12.2. The lowest BCUT2D eigenvalue weighted by molar-refractivity contribution is 0.249. The van der Waals surface area contributed by atoms with Crippen LogP contribution < -0.4 is 20.9 Å². The maximum absolute atomic E-state index is 12.2. The second-order valence-corrected chi connectivity index (χ2v) is 6.98. The number of nitrogens with one attached hydrogen (secondary N) is 3. The largest absolute Gasteiger partial charge is 0.338 e. The molecule has 0 spiro atoms. The summed E-state index contributed by atoms with van der Waals surface area (Å²) in [5.41, 5.74) is 3.53. The number of hydrogen-bond donors (Lipinski definition) is 3. The molecule has 1 aromatic carbocycles. The molecule has 8 heteroatoms. The van der Waals surface area contributed by atoms with Crippen molar-refractivity contribution in [2.45, 2.75) is 27.3 Å². The van der Waals surface area contributed by atoms with Crippen LogP contribution >= 0.6 is 0 Å². The van der Waals surface area contributed by atoms with Crippen LogP contribution in [0, 0.1) is 19.8 Å². The molecule has 3 N–H and O–H groups in total. The van der Waals surface area contributed by atoms with Gasteiger partial charge in [-0.1, -0.05) is 13.0 Å². The Hall–Kier alpha value is -3.03. The fourth-order valence-corrected chi connectivity index (χ4v) is 3.13. The average molecular weight is 370 g/mol. The molecule has 1 saturated heterocycles. The van der Waals surface area contributed by atoms with Crippen LogP contribution in [0.5, 0.6) is 0 Å². The average Bonchev–Trinajstić information content (AvgIpc) is 3.18. The monoisotopic (exact) mass is 370 g/mol. The van der Waals surface area contributed by atoms with E-state index in [-0.39, 0.29) is 18.0 Å². The summed E-state index contributed by atoms with van der Waals surface area (Å²) in [6.07, 6.45) is 0. The van der Waals surface area contributed by atoms with E-state index in [2.05, 4.69) is 28.0 Å². The molecule has 1 aliphatic heterocycles. The topological polar surface area (TPSA) is 91.3 Å². The van der Waals surface area contributed by atoms with Crippen LogP contribution in [-0.2, 0) is 6.54 Å². The number of aromatic nitrogens is 2. The van der Waals surface area contributed by atoms with E-state index in [1.807, 2.05) is 36.7 Å². The van der Waals surface area contributed by atoms with Crippen molar-refractivity contribution in [1.82, 2.24) is 20.4 Å². The second kappa shape index (κ2) is 8.11. The highest BCUT2D eigenvalue weighted by Crippen LogP contribution is 2.20. The summed E-state index contributed by atoms with van der Waals surface area (Å²) in [6, 6.07) is 8.93. The number of nitrogens with zero attached hydrogens (tertiary/aromatic N) is 3. The first-order chi connectivity index (χ1) is 12.9. The molecule has 2 aromatic rings. The highest BCUT2D eigenvalue weighted by Gasteiger charge is 2.21. The van der Waals surface area contributed by atoms with E-state index in [9.17, 15) is 9.59 Å². The van der Waals surface area contributed by atoms with Crippen LogP contribution in [0.4, 0.5) is 21.0 Å². The Labute approximate surface area is 158 Å². The van der Waals surface area contributed by atoms with Crippen LogP contribution in [-0.4, -0.2) is 41.5 Å². The Bertz CT molecular complexity index is 831. The van der Waals surface area contributed by atoms with Crippen LogP contribution in [0.15, 0.2) is 30.3 Å². The van der Waals surface area contributed by atoms with E-state index in [0.717, 1.165) is 23.6 Å². The van der Waals surface area contributed by atoms with Gasteiger partial charge in [-0.15, -0.1) is 0 Å². The molecule has 1 atom stereocenters. The van der Waals surface area contributed by atoms with Gasteiger partial charge in [0.05, 0.1) is 5.69 Å². The van der Waals surface area contributed by atoms with Gasteiger partial charge in [0.15, 0.2) is 0 Å². The van der Waals surface area contributed by atoms with Gasteiger partial charge in [-0.25, -0.2) is 9.59 Å². The molecule has 144 valence electrons. The molecule has 2 heterocycles. The first-order valence-corrected chi connectivity index (χ1v) is 9.13. The smallest absolute Gasteiger partial charge is 0.321 e. The van der Waals surface area contributed by atoms with Crippen LogP contribution in [0.3, 0.4) is 0 Å². The number of hydrogen-bond acceptors (Lipinski definition) is 3. The Morgan fingerprint density at radius 1 is 1.33 bits per heavy atom. The summed E-state index contributed by atoms with van der Waals surface area (Å²) >= 11 is 0.